The van der Waals surface area contributed by atoms with E-state index in [1.54, 1.807) is 18.2 Å². The first-order valence-electron chi connectivity index (χ1n) is 7.23. The second-order valence-corrected chi connectivity index (χ2v) is 5.82. The van der Waals surface area contributed by atoms with E-state index in [0.29, 0.717) is 36.2 Å². The molecule has 0 radical (unpaired) electrons. The number of benzene rings is 1. The highest BCUT2D eigenvalue weighted by Crippen LogP contribution is 2.22. The summed E-state index contributed by atoms with van der Waals surface area (Å²) in [5.74, 6) is 0.681. The van der Waals surface area contributed by atoms with Gasteiger partial charge < -0.3 is 14.2 Å². The average molecular weight is 321 g/mol. The molecular weight excluding hydrogens is 304 g/mol. The van der Waals surface area contributed by atoms with Crippen LogP contribution >= 0.6 is 11.6 Å². The normalized spacial score (nSPS) is 18.5. The Hall–Kier alpha value is -1.85. The fraction of sp³-hybridized carbons (Fsp3) is 0.375. The highest BCUT2D eigenvalue weighted by molar-refractivity contribution is 6.30. The summed E-state index contributed by atoms with van der Waals surface area (Å²) in [4.78, 5) is 14.1. The summed E-state index contributed by atoms with van der Waals surface area (Å²) in [6.45, 7) is 3.81. The molecule has 1 saturated heterocycles. The number of amides is 1. The number of halogens is 1. The lowest BCUT2D eigenvalue weighted by Gasteiger charge is -2.31. The summed E-state index contributed by atoms with van der Waals surface area (Å²) in [6.07, 6.45) is 0.323. The molecule has 1 aliphatic heterocycles. The molecule has 5 nitrogen and oxygen atoms in total. The van der Waals surface area contributed by atoms with E-state index in [2.05, 4.69) is 5.16 Å². The predicted molar refractivity (Wildman–Crippen MR) is 82.6 cm³/mol. The highest BCUT2D eigenvalue weighted by Gasteiger charge is 2.22. The minimum atomic E-state index is 0.0473. The molecule has 2 heterocycles. The molecule has 1 aliphatic rings. The fourth-order valence-electron chi connectivity index (χ4n) is 2.46. The van der Waals surface area contributed by atoms with Gasteiger partial charge in [0.15, 0.2) is 5.76 Å². The standard InChI is InChI=1S/C16H17ClN2O3/c1-11-10-19(6-7-21-11)16(20)9-14-8-15(22-18-14)12-2-4-13(17)5-3-12/h2-5,8,11H,6-7,9-10H2,1H3. The Kier molecular flexibility index (Phi) is 4.45. The molecule has 2 aromatic rings. The Morgan fingerprint density at radius 1 is 1.41 bits per heavy atom. The zero-order chi connectivity index (χ0) is 15.5. The number of ether oxygens (including phenoxy) is 1. The lowest BCUT2D eigenvalue weighted by atomic mass is 10.1. The minimum absolute atomic E-state index is 0.0473. The van der Waals surface area contributed by atoms with Crippen molar-refractivity contribution in [3.63, 3.8) is 0 Å². The first kappa shape index (κ1) is 15.1. The molecule has 1 aromatic carbocycles. The number of hydrogen-bond acceptors (Lipinski definition) is 4. The third-order valence-electron chi connectivity index (χ3n) is 3.61. The van der Waals surface area contributed by atoms with Crippen molar-refractivity contribution in [1.29, 1.82) is 0 Å². The number of rotatable bonds is 3. The van der Waals surface area contributed by atoms with Crippen molar-refractivity contribution >= 4 is 17.5 Å². The van der Waals surface area contributed by atoms with E-state index in [-0.39, 0.29) is 18.4 Å². The Bertz CT molecular complexity index is 654. The van der Waals surface area contributed by atoms with Gasteiger partial charge in [-0.3, -0.25) is 4.79 Å². The largest absolute Gasteiger partial charge is 0.375 e. The topological polar surface area (TPSA) is 55.6 Å². The quantitative estimate of drug-likeness (QED) is 0.872. The summed E-state index contributed by atoms with van der Waals surface area (Å²) in [5.41, 5.74) is 1.52. The second-order valence-electron chi connectivity index (χ2n) is 5.39. The van der Waals surface area contributed by atoms with E-state index in [1.165, 1.54) is 0 Å². The van der Waals surface area contributed by atoms with E-state index < -0.39 is 0 Å². The summed E-state index contributed by atoms with van der Waals surface area (Å²) < 4.78 is 10.8. The molecule has 0 bridgehead atoms. The van der Waals surface area contributed by atoms with Gasteiger partial charge in [-0.2, -0.15) is 0 Å². The van der Waals surface area contributed by atoms with Crippen molar-refractivity contribution in [2.24, 2.45) is 0 Å². The molecule has 1 aromatic heterocycles. The zero-order valence-electron chi connectivity index (χ0n) is 12.3. The molecule has 1 fully saturated rings. The Labute approximate surface area is 133 Å². The van der Waals surface area contributed by atoms with Crippen LogP contribution in [0.4, 0.5) is 0 Å². The summed E-state index contributed by atoms with van der Waals surface area (Å²) >= 11 is 5.86. The summed E-state index contributed by atoms with van der Waals surface area (Å²) in [6, 6.07) is 9.10. The van der Waals surface area contributed by atoms with Crippen molar-refractivity contribution in [2.75, 3.05) is 19.7 Å². The Morgan fingerprint density at radius 2 is 2.18 bits per heavy atom. The Balaban J connectivity index is 1.66. The van der Waals surface area contributed by atoms with Gasteiger partial charge in [0.25, 0.3) is 0 Å². The fourth-order valence-corrected chi connectivity index (χ4v) is 2.58. The van der Waals surface area contributed by atoms with Crippen molar-refractivity contribution in [3.05, 3.63) is 41.0 Å². The molecule has 1 unspecified atom stereocenters. The van der Waals surface area contributed by atoms with Gasteiger partial charge in [0.1, 0.15) is 0 Å². The summed E-state index contributed by atoms with van der Waals surface area (Å²) in [5, 5.41) is 4.65. The number of carbonyl (C=O) groups is 1. The SMILES string of the molecule is CC1CN(C(=O)Cc2cc(-c3ccc(Cl)cc3)on2)CCO1. The van der Waals surface area contributed by atoms with Crippen LogP contribution in [0.3, 0.4) is 0 Å². The summed E-state index contributed by atoms with van der Waals surface area (Å²) in [7, 11) is 0. The van der Waals surface area contributed by atoms with Gasteiger partial charge in [-0.25, -0.2) is 0 Å². The molecule has 0 spiro atoms. The molecule has 0 aliphatic carbocycles. The van der Waals surface area contributed by atoms with E-state index in [1.807, 2.05) is 24.0 Å². The van der Waals surface area contributed by atoms with Crippen molar-refractivity contribution in [2.45, 2.75) is 19.4 Å². The third kappa shape index (κ3) is 3.48. The zero-order valence-corrected chi connectivity index (χ0v) is 13.0. The van der Waals surface area contributed by atoms with E-state index in [0.717, 1.165) is 5.56 Å². The highest BCUT2D eigenvalue weighted by atomic mass is 35.5. The number of aromatic nitrogens is 1. The molecule has 1 amide bonds. The third-order valence-corrected chi connectivity index (χ3v) is 3.87. The average Bonchev–Trinajstić information content (AvgIpc) is 2.96. The van der Waals surface area contributed by atoms with Crippen LogP contribution in [0, 0.1) is 0 Å². The van der Waals surface area contributed by atoms with E-state index in [4.69, 9.17) is 20.9 Å². The van der Waals surface area contributed by atoms with Gasteiger partial charge >= 0.3 is 0 Å². The smallest absolute Gasteiger partial charge is 0.228 e. The van der Waals surface area contributed by atoms with Gasteiger partial charge in [0.2, 0.25) is 5.91 Å². The molecular formula is C16H17ClN2O3. The number of carbonyl (C=O) groups excluding carboxylic acids is 1. The number of nitrogens with zero attached hydrogens (tertiary/aromatic N) is 2. The molecule has 6 heteroatoms. The monoisotopic (exact) mass is 320 g/mol. The van der Waals surface area contributed by atoms with Crippen LogP contribution in [0.15, 0.2) is 34.9 Å². The van der Waals surface area contributed by atoms with Gasteiger partial charge in [-0.05, 0) is 31.2 Å². The lowest BCUT2D eigenvalue weighted by molar-refractivity contribution is -0.137. The lowest BCUT2D eigenvalue weighted by Crippen LogP contribution is -2.45. The second kappa shape index (κ2) is 6.50. The van der Waals surface area contributed by atoms with Gasteiger partial charge in [0, 0.05) is 29.7 Å². The maximum Gasteiger partial charge on any atom is 0.228 e. The van der Waals surface area contributed by atoms with Crippen molar-refractivity contribution in [1.82, 2.24) is 10.1 Å². The van der Waals surface area contributed by atoms with Crippen LogP contribution in [0.2, 0.25) is 5.02 Å². The van der Waals surface area contributed by atoms with Crippen LogP contribution in [0.5, 0.6) is 0 Å². The number of hydrogen-bond donors (Lipinski definition) is 0. The maximum atomic E-state index is 12.3. The van der Waals surface area contributed by atoms with Crippen LogP contribution in [-0.2, 0) is 16.0 Å². The van der Waals surface area contributed by atoms with E-state index in [9.17, 15) is 4.79 Å². The minimum Gasteiger partial charge on any atom is -0.375 e. The molecule has 116 valence electrons. The maximum absolute atomic E-state index is 12.3. The first-order valence-corrected chi connectivity index (χ1v) is 7.60. The van der Waals surface area contributed by atoms with Crippen LogP contribution in [0.1, 0.15) is 12.6 Å². The number of morpholine rings is 1. The van der Waals surface area contributed by atoms with Crippen molar-refractivity contribution < 1.29 is 14.1 Å². The van der Waals surface area contributed by atoms with E-state index >= 15 is 0 Å². The van der Waals surface area contributed by atoms with Crippen molar-refractivity contribution in [3.8, 4) is 11.3 Å². The van der Waals surface area contributed by atoms with Crippen LogP contribution < -0.4 is 0 Å². The van der Waals surface area contributed by atoms with Crippen LogP contribution in [-0.4, -0.2) is 41.8 Å². The molecule has 1 atom stereocenters. The Morgan fingerprint density at radius 3 is 2.91 bits per heavy atom. The van der Waals surface area contributed by atoms with Gasteiger partial charge in [0.05, 0.1) is 24.8 Å². The molecule has 22 heavy (non-hydrogen) atoms. The first-order chi connectivity index (χ1) is 10.6. The molecule has 3 rings (SSSR count). The molecule has 0 N–H and O–H groups in total. The van der Waals surface area contributed by atoms with Gasteiger partial charge in [-0.15, -0.1) is 0 Å². The van der Waals surface area contributed by atoms with Gasteiger partial charge in [-0.1, -0.05) is 16.8 Å². The predicted octanol–water partition coefficient (Wildman–Crippen LogP) is 2.78. The van der Waals surface area contributed by atoms with Crippen LogP contribution in [0.25, 0.3) is 11.3 Å². The molecule has 0 saturated carbocycles.